The zero-order valence-electron chi connectivity index (χ0n) is 15.6. The predicted octanol–water partition coefficient (Wildman–Crippen LogP) is 4.67. The van der Waals surface area contributed by atoms with Crippen LogP contribution >= 0.6 is 46.0 Å². The van der Waals surface area contributed by atoms with Gasteiger partial charge in [-0.15, -0.1) is 5.10 Å². The molecule has 1 heterocycles. The van der Waals surface area contributed by atoms with Gasteiger partial charge >= 0.3 is 5.97 Å². The van der Waals surface area contributed by atoms with Gasteiger partial charge in [0.05, 0.1) is 17.8 Å². The molecule has 8 nitrogen and oxygen atoms in total. The second-order valence-corrected chi connectivity index (χ2v) is 8.42. The number of nitrogens with one attached hydrogen (secondary N) is 1. The molecule has 0 unspecified atom stereocenters. The van der Waals surface area contributed by atoms with E-state index in [1.54, 1.807) is 24.3 Å². The number of thioether (sulfide) groups is 1. The van der Waals surface area contributed by atoms with Crippen LogP contribution < -0.4 is 9.47 Å². The molecule has 3 aromatic rings. The molecule has 0 radical (unpaired) electrons. The lowest BCUT2D eigenvalue weighted by molar-refractivity contribution is -0.131. The molecule has 0 aliphatic heterocycles. The zero-order valence-corrected chi connectivity index (χ0v) is 19.4. The molecule has 0 amide bonds. The topological polar surface area (TPSA) is 118 Å². The molecule has 1 aromatic heterocycles. The van der Waals surface area contributed by atoms with Crippen molar-refractivity contribution in [2.45, 2.75) is 5.16 Å². The van der Waals surface area contributed by atoms with Crippen LogP contribution in [0.4, 0.5) is 0 Å². The van der Waals surface area contributed by atoms with Crippen LogP contribution in [-0.2, 0) is 4.79 Å². The van der Waals surface area contributed by atoms with Crippen LogP contribution in [0.25, 0.3) is 17.5 Å². The molecule has 11 heteroatoms. The number of phenols is 1. The van der Waals surface area contributed by atoms with Crippen molar-refractivity contribution >= 4 is 58.0 Å². The van der Waals surface area contributed by atoms with Crippen LogP contribution in [0.2, 0.25) is 5.02 Å². The molecule has 0 atom stereocenters. The highest BCUT2D eigenvalue weighted by Gasteiger charge is 2.17. The number of aliphatic carboxylic acids is 1. The van der Waals surface area contributed by atoms with E-state index in [9.17, 15) is 15.0 Å². The Hall–Kier alpha value is -2.44. The highest BCUT2D eigenvalue weighted by molar-refractivity contribution is 14.1. The number of rotatable bonds is 7. The summed E-state index contributed by atoms with van der Waals surface area (Å²) < 4.78 is 11.0. The van der Waals surface area contributed by atoms with Gasteiger partial charge in [-0.25, -0.2) is 9.78 Å². The monoisotopic (exact) mass is 559 g/mol. The number of aromatic hydroxyl groups is 1. The van der Waals surface area contributed by atoms with Crippen molar-refractivity contribution < 1.29 is 24.5 Å². The van der Waals surface area contributed by atoms with Crippen molar-refractivity contribution in [2.75, 3.05) is 14.2 Å². The van der Waals surface area contributed by atoms with Crippen LogP contribution in [0.5, 0.6) is 17.2 Å². The van der Waals surface area contributed by atoms with E-state index in [1.807, 2.05) is 22.6 Å². The second kappa shape index (κ2) is 9.58. The highest BCUT2D eigenvalue weighted by Crippen LogP contribution is 2.34. The Morgan fingerprint density at radius 1 is 1.20 bits per heavy atom. The van der Waals surface area contributed by atoms with Gasteiger partial charge < -0.3 is 19.7 Å². The fourth-order valence-electron chi connectivity index (χ4n) is 2.44. The largest absolute Gasteiger partial charge is 0.506 e. The first kappa shape index (κ1) is 22.2. The Balaban J connectivity index is 1.92. The third kappa shape index (κ3) is 5.18. The first-order valence-corrected chi connectivity index (χ1v) is 10.5. The normalized spacial score (nSPS) is 11.4. The fourth-order valence-corrected chi connectivity index (χ4v) is 4.19. The van der Waals surface area contributed by atoms with Crippen molar-refractivity contribution in [1.29, 1.82) is 0 Å². The minimum Gasteiger partial charge on any atom is -0.506 e. The molecule has 0 fully saturated rings. The van der Waals surface area contributed by atoms with Crippen LogP contribution in [0.15, 0.2) is 40.4 Å². The predicted molar refractivity (Wildman–Crippen MR) is 122 cm³/mol. The summed E-state index contributed by atoms with van der Waals surface area (Å²) in [7, 11) is 3.08. The molecule has 0 spiro atoms. The molecule has 0 saturated heterocycles. The van der Waals surface area contributed by atoms with Gasteiger partial charge in [-0.05, 0) is 64.7 Å². The summed E-state index contributed by atoms with van der Waals surface area (Å²) in [6.07, 6.45) is 1.32. The standard InChI is InChI=1S/C19H15ClIN3O5S/c1-28-12-4-10(5-13(8-12)29-2)17-22-19(24-23-17)30-15(18(26)27)6-9-3-11(20)7-14(21)16(9)25/h3-8,25H,1-2H3,(H,26,27)(H,22,23,24)/b15-6-. The lowest BCUT2D eigenvalue weighted by Crippen LogP contribution is -1.97. The Labute approximate surface area is 194 Å². The van der Waals surface area contributed by atoms with Crippen molar-refractivity contribution in [2.24, 2.45) is 0 Å². The van der Waals surface area contributed by atoms with Gasteiger partial charge in [-0.2, -0.15) is 0 Å². The van der Waals surface area contributed by atoms with Gasteiger partial charge in [-0.3, -0.25) is 5.10 Å². The Morgan fingerprint density at radius 2 is 1.87 bits per heavy atom. The van der Waals surface area contributed by atoms with Gasteiger partial charge in [0.25, 0.3) is 0 Å². The molecular formula is C19H15ClIN3O5S. The Morgan fingerprint density at radius 3 is 2.47 bits per heavy atom. The van der Waals surface area contributed by atoms with Crippen molar-refractivity contribution in [1.82, 2.24) is 15.2 Å². The summed E-state index contributed by atoms with van der Waals surface area (Å²) in [6.45, 7) is 0. The smallest absolute Gasteiger partial charge is 0.342 e. The Kier molecular flexibility index (Phi) is 7.10. The SMILES string of the molecule is COc1cc(OC)cc(-c2nc(S/C(=C\c3cc(Cl)cc(I)c3O)C(=O)O)n[nH]2)c1. The maximum Gasteiger partial charge on any atom is 0.342 e. The van der Waals surface area contributed by atoms with Gasteiger partial charge in [0.1, 0.15) is 22.2 Å². The number of methoxy groups -OCH3 is 2. The summed E-state index contributed by atoms with van der Waals surface area (Å²) >= 11 is 8.77. The summed E-state index contributed by atoms with van der Waals surface area (Å²) in [5.74, 6) is 0.320. The first-order valence-electron chi connectivity index (χ1n) is 8.27. The van der Waals surface area contributed by atoms with Crippen LogP contribution in [0.3, 0.4) is 0 Å². The minimum absolute atomic E-state index is 0.0569. The molecule has 2 aromatic carbocycles. The number of ether oxygens (including phenoxy) is 2. The zero-order chi connectivity index (χ0) is 21.8. The number of carboxylic acids is 1. The number of phenolic OH excluding ortho intramolecular Hbond substituents is 1. The Bertz CT molecular complexity index is 1110. The van der Waals surface area contributed by atoms with E-state index in [4.69, 9.17) is 21.1 Å². The number of hydrogen-bond acceptors (Lipinski definition) is 7. The van der Waals surface area contributed by atoms with Crippen molar-refractivity contribution in [3.63, 3.8) is 0 Å². The number of aromatic amines is 1. The van der Waals surface area contributed by atoms with E-state index in [-0.39, 0.29) is 21.4 Å². The average Bonchev–Trinajstić information content (AvgIpc) is 3.19. The first-order chi connectivity index (χ1) is 14.3. The molecule has 3 N–H and O–H groups in total. The van der Waals surface area contributed by atoms with E-state index in [2.05, 4.69) is 15.2 Å². The number of aromatic nitrogens is 3. The number of H-pyrrole nitrogens is 1. The quantitative estimate of drug-likeness (QED) is 0.217. The summed E-state index contributed by atoms with van der Waals surface area (Å²) in [5.41, 5.74) is 0.943. The average molecular weight is 560 g/mol. The lowest BCUT2D eigenvalue weighted by Gasteiger charge is -2.06. The van der Waals surface area contributed by atoms with E-state index >= 15 is 0 Å². The lowest BCUT2D eigenvalue weighted by atomic mass is 10.2. The minimum atomic E-state index is -1.19. The van der Waals surface area contributed by atoms with Gasteiger partial charge in [0.15, 0.2) is 5.82 Å². The van der Waals surface area contributed by atoms with E-state index in [0.717, 1.165) is 11.8 Å². The van der Waals surface area contributed by atoms with Crippen LogP contribution in [0.1, 0.15) is 5.56 Å². The van der Waals surface area contributed by atoms with E-state index in [1.165, 1.54) is 26.4 Å². The number of halogens is 2. The molecule has 0 aliphatic rings. The van der Waals surface area contributed by atoms with Crippen molar-refractivity contribution in [3.05, 3.63) is 49.4 Å². The van der Waals surface area contributed by atoms with Crippen LogP contribution in [-0.4, -0.2) is 45.6 Å². The number of carbonyl (C=O) groups is 1. The molecule has 0 aliphatic carbocycles. The molecule has 0 saturated carbocycles. The maximum atomic E-state index is 11.7. The third-order valence-electron chi connectivity index (χ3n) is 3.85. The second-order valence-electron chi connectivity index (χ2n) is 5.81. The van der Waals surface area contributed by atoms with Crippen molar-refractivity contribution in [3.8, 4) is 28.6 Å². The highest BCUT2D eigenvalue weighted by atomic mass is 127. The summed E-state index contributed by atoms with van der Waals surface area (Å²) in [6, 6.07) is 8.27. The molecule has 30 heavy (non-hydrogen) atoms. The fraction of sp³-hybridized carbons (Fsp3) is 0.105. The van der Waals surface area contributed by atoms with E-state index in [0.29, 0.717) is 31.5 Å². The molecular weight excluding hydrogens is 545 g/mol. The maximum absolute atomic E-state index is 11.7. The molecule has 0 bridgehead atoms. The number of carboxylic acid groups (broad SMARTS) is 1. The summed E-state index contributed by atoms with van der Waals surface area (Å²) in [5, 5.41) is 27.2. The number of hydrogen-bond donors (Lipinski definition) is 3. The molecule has 156 valence electrons. The third-order valence-corrected chi connectivity index (χ3v) is 5.76. The van der Waals surface area contributed by atoms with Gasteiger partial charge in [0, 0.05) is 22.2 Å². The van der Waals surface area contributed by atoms with E-state index < -0.39 is 5.97 Å². The van der Waals surface area contributed by atoms with Gasteiger partial charge in [0.2, 0.25) is 5.16 Å². The van der Waals surface area contributed by atoms with Crippen LogP contribution in [0, 0.1) is 3.57 Å². The number of benzene rings is 2. The molecule has 3 rings (SSSR count). The van der Waals surface area contributed by atoms with Gasteiger partial charge in [-0.1, -0.05) is 11.6 Å². The summed E-state index contributed by atoms with van der Waals surface area (Å²) in [4.78, 5) is 16.0. The number of nitrogens with zero attached hydrogens (tertiary/aromatic N) is 2.